The van der Waals surface area contributed by atoms with Crippen molar-refractivity contribution in [1.82, 2.24) is 10.2 Å². The second-order valence-electron chi connectivity index (χ2n) is 8.38. The number of nitrogens with one attached hydrogen (secondary N) is 1. The molecule has 0 radical (unpaired) electrons. The number of rotatable bonds is 6. The van der Waals surface area contributed by atoms with Gasteiger partial charge in [0.1, 0.15) is 0 Å². The first kappa shape index (κ1) is 22.1. The summed E-state index contributed by atoms with van der Waals surface area (Å²) >= 11 is 0. The maximum atomic E-state index is 13.4. The maximum Gasteiger partial charge on any atom is 0.416 e. The van der Waals surface area contributed by atoms with Gasteiger partial charge in [0, 0.05) is 50.1 Å². The molecule has 31 heavy (non-hydrogen) atoms. The molecule has 2 aliphatic heterocycles. The third-order valence-electron chi connectivity index (χ3n) is 6.43. The number of anilines is 2. The zero-order valence-corrected chi connectivity index (χ0v) is 17.7. The van der Waals surface area contributed by atoms with Gasteiger partial charge in [-0.05, 0) is 55.0 Å². The largest absolute Gasteiger partial charge is 0.416 e. The highest BCUT2D eigenvalue weighted by Gasteiger charge is 2.32. The minimum atomic E-state index is -4.36. The van der Waals surface area contributed by atoms with Gasteiger partial charge in [0.05, 0.1) is 12.2 Å². The van der Waals surface area contributed by atoms with Gasteiger partial charge >= 0.3 is 6.18 Å². The molecule has 0 aliphatic carbocycles. The summed E-state index contributed by atoms with van der Waals surface area (Å²) in [6, 6.07) is 12.5. The van der Waals surface area contributed by atoms with E-state index in [0.717, 1.165) is 56.6 Å². The van der Waals surface area contributed by atoms with E-state index in [-0.39, 0.29) is 6.61 Å². The van der Waals surface area contributed by atoms with E-state index in [4.69, 9.17) is 0 Å². The van der Waals surface area contributed by atoms with Crippen molar-refractivity contribution in [3.8, 4) is 0 Å². The molecule has 0 amide bonds. The topological polar surface area (TPSA) is 38.7 Å². The summed E-state index contributed by atoms with van der Waals surface area (Å²) in [5.41, 5.74) is 3.23. The van der Waals surface area contributed by atoms with Gasteiger partial charge in [-0.1, -0.05) is 24.3 Å². The van der Waals surface area contributed by atoms with Crippen LogP contribution in [0.3, 0.4) is 0 Å². The second-order valence-corrected chi connectivity index (χ2v) is 8.38. The van der Waals surface area contributed by atoms with E-state index in [1.807, 2.05) is 18.2 Å². The summed E-state index contributed by atoms with van der Waals surface area (Å²) in [6.07, 6.45) is -1.01. The van der Waals surface area contributed by atoms with Crippen LogP contribution in [0.1, 0.15) is 29.5 Å². The fourth-order valence-corrected chi connectivity index (χ4v) is 4.82. The molecule has 2 aromatic carbocycles. The van der Waals surface area contributed by atoms with Crippen molar-refractivity contribution < 1.29 is 18.3 Å². The molecular weight excluding hydrogens is 403 g/mol. The van der Waals surface area contributed by atoms with E-state index in [1.54, 1.807) is 6.07 Å². The number of halogens is 3. The van der Waals surface area contributed by atoms with Crippen molar-refractivity contribution in [3.05, 3.63) is 59.2 Å². The molecule has 2 N–H and O–H groups in total. The maximum absolute atomic E-state index is 13.4. The highest BCUT2D eigenvalue weighted by Crippen LogP contribution is 2.40. The van der Waals surface area contributed by atoms with Gasteiger partial charge in [-0.3, -0.25) is 4.90 Å². The van der Waals surface area contributed by atoms with Gasteiger partial charge < -0.3 is 15.3 Å². The number of hydrogen-bond donors (Lipinski definition) is 2. The molecule has 4 rings (SSSR count). The summed E-state index contributed by atoms with van der Waals surface area (Å²) in [5.74, 6) is 0. The Morgan fingerprint density at radius 1 is 1.00 bits per heavy atom. The molecule has 2 aliphatic rings. The number of aryl methyl sites for hydroxylation is 2. The molecule has 2 heterocycles. The smallest absolute Gasteiger partial charge is 0.395 e. The first-order chi connectivity index (χ1) is 15.0. The fourth-order valence-electron chi connectivity index (χ4n) is 4.82. The standard InChI is InChI=1S/C24H30F3N3O/c25-24(26,27)20-10-9-19-8-7-18-4-1-2-6-22(18)30(23(19)16-20)12-3-5-21-17-28-11-13-29(21)14-15-31/h1-2,4,6,9-10,16,21,28,31H,3,5,7-8,11-15,17H2. The van der Waals surface area contributed by atoms with Crippen LogP contribution in [-0.4, -0.2) is 55.4 Å². The molecule has 1 unspecified atom stereocenters. The molecule has 0 saturated carbocycles. The van der Waals surface area contributed by atoms with Gasteiger partial charge in [-0.15, -0.1) is 0 Å². The summed E-state index contributed by atoms with van der Waals surface area (Å²) in [7, 11) is 0. The minimum absolute atomic E-state index is 0.142. The SMILES string of the molecule is OCCN1CCNCC1CCCN1c2ccccc2CCc2ccc(C(F)(F)F)cc21. The molecule has 0 spiro atoms. The lowest BCUT2D eigenvalue weighted by Crippen LogP contribution is -2.52. The highest BCUT2D eigenvalue weighted by atomic mass is 19.4. The summed E-state index contributed by atoms with van der Waals surface area (Å²) < 4.78 is 40.3. The molecule has 0 aromatic heterocycles. The number of hydrogen-bond acceptors (Lipinski definition) is 4. The zero-order valence-electron chi connectivity index (χ0n) is 17.7. The Morgan fingerprint density at radius 3 is 2.55 bits per heavy atom. The van der Waals surface area contributed by atoms with Crippen LogP contribution in [0.5, 0.6) is 0 Å². The summed E-state index contributed by atoms with van der Waals surface area (Å²) in [5, 5.41) is 12.8. The molecular formula is C24H30F3N3O. The summed E-state index contributed by atoms with van der Waals surface area (Å²) in [4.78, 5) is 4.39. The van der Waals surface area contributed by atoms with Gasteiger partial charge in [-0.2, -0.15) is 13.2 Å². The number of alkyl halides is 3. The van der Waals surface area contributed by atoms with Crippen LogP contribution in [0.4, 0.5) is 24.5 Å². The summed E-state index contributed by atoms with van der Waals surface area (Å²) in [6.45, 7) is 4.18. The zero-order chi connectivity index (χ0) is 21.8. The van der Waals surface area contributed by atoms with Crippen LogP contribution < -0.4 is 10.2 Å². The Hall–Kier alpha value is -2.09. The van der Waals surface area contributed by atoms with Crippen LogP contribution >= 0.6 is 0 Å². The molecule has 1 fully saturated rings. The number of aliphatic hydroxyl groups excluding tert-OH is 1. The van der Waals surface area contributed by atoms with Crippen LogP contribution in [0, 0.1) is 0 Å². The lowest BCUT2D eigenvalue weighted by atomic mass is 10.0. The Morgan fingerprint density at radius 2 is 1.77 bits per heavy atom. The van der Waals surface area contributed by atoms with E-state index in [9.17, 15) is 18.3 Å². The van der Waals surface area contributed by atoms with Gasteiger partial charge in [0.2, 0.25) is 0 Å². The van der Waals surface area contributed by atoms with Crippen LogP contribution in [0.2, 0.25) is 0 Å². The van der Waals surface area contributed by atoms with Crippen LogP contribution in [0.15, 0.2) is 42.5 Å². The third-order valence-corrected chi connectivity index (χ3v) is 6.43. The molecule has 2 aromatic rings. The van der Waals surface area contributed by atoms with Gasteiger partial charge in [0.15, 0.2) is 0 Å². The lowest BCUT2D eigenvalue weighted by molar-refractivity contribution is -0.137. The number of para-hydroxylation sites is 1. The third kappa shape index (κ3) is 5.05. The molecule has 0 bridgehead atoms. The Labute approximate surface area is 181 Å². The fraction of sp³-hybridized carbons (Fsp3) is 0.500. The molecule has 1 atom stereocenters. The number of aliphatic hydroxyl groups is 1. The van der Waals surface area contributed by atoms with E-state index in [1.165, 1.54) is 17.7 Å². The first-order valence-corrected chi connectivity index (χ1v) is 11.1. The van der Waals surface area contributed by atoms with E-state index in [0.29, 0.717) is 24.8 Å². The van der Waals surface area contributed by atoms with Gasteiger partial charge in [-0.25, -0.2) is 0 Å². The average Bonchev–Trinajstić information content (AvgIpc) is 2.91. The highest BCUT2D eigenvalue weighted by molar-refractivity contribution is 5.71. The minimum Gasteiger partial charge on any atom is -0.395 e. The molecule has 7 heteroatoms. The quantitative estimate of drug-likeness (QED) is 0.723. The molecule has 168 valence electrons. The van der Waals surface area contributed by atoms with Crippen molar-refractivity contribution in [2.24, 2.45) is 0 Å². The van der Waals surface area contributed by atoms with Crippen molar-refractivity contribution in [2.45, 2.75) is 37.9 Å². The number of β-amino-alcohol motifs (C(OH)–C–C–N with tert-alkyl or cyclic N) is 1. The van der Waals surface area contributed by atoms with Crippen molar-refractivity contribution in [2.75, 3.05) is 44.2 Å². The number of piperazine rings is 1. The predicted octanol–water partition coefficient (Wildman–Crippen LogP) is 3.99. The monoisotopic (exact) mass is 433 g/mol. The first-order valence-electron chi connectivity index (χ1n) is 11.1. The van der Waals surface area contributed by atoms with Crippen LogP contribution in [0.25, 0.3) is 0 Å². The number of fused-ring (bicyclic) bond motifs is 2. The van der Waals surface area contributed by atoms with Gasteiger partial charge in [0.25, 0.3) is 0 Å². The van der Waals surface area contributed by atoms with E-state index < -0.39 is 11.7 Å². The Balaban J connectivity index is 1.58. The molecule has 1 saturated heterocycles. The van der Waals surface area contributed by atoms with Crippen molar-refractivity contribution in [1.29, 1.82) is 0 Å². The van der Waals surface area contributed by atoms with Crippen molar-refractivity contribution >= 4 is 11.4 Å². The van der Waals surface area contributed by atoms with Crippen LogP contribution in [-0.2, 0) is 19.0 Å². The average molecular weight is 434 g/mol. The number of benzene rings is 2. The Bertz CT molecular complexity index is 885. The van der Waals surface area contributed by atoms with E-state index in [2.05, 4.69) is 21.2 Å². The van der Waals surface area contributed by atoms with E-state index >= 15 is 0 Å². The predicted molar refractivity (Wildman–Crippen MR) is 117 cm³/mol. The number of nitrogens with zero attached hydrogens (tertiary/aromatic N) is 2. The normalized spacial score (nSPS) is 19.6. The van der Waals surface area contributed by atoms with Crippen molar-refractivity contribution in [3.63, 3.8) is 0 Å². The lowest BCUT2D eigenvalue weighted by Gasteiger charge is -2.36. The second kappa shape index (κ2) is 9.59. The Kier molecular flexibility index (Phi) is 6.84. The molecule has 4 nitrogen and oxygen atoms in total.